The summed E-state index contributed by atoms with van der Waals surface area (Å²) < 4.78 is 5.57. The standard InChI is InChI=1S/C11H24O/c1-10(2,3)7-8-12-9-11(4,5)6/h7-9H2,1-6H3. The van der Waals surface area contributed by atoms with Crippen LogP contribution in [0.25, 0.3) is 0 Å². The van der Waals surface area contributed by atoms with Gasteiger partial charge in [0.1, 0.15) is 0 Å². The molecule has 0 atom stereocenters. The van der Waals surface area contributed by atoms with Crippen LogP contribution >= 0.6 is 0 Å². The molecule has 0 unspecified atom stereocenters. The molecule has 0 aromatic carbocycles. The summed E-state index contributed by atoms with van der Waals surface area (Å²) in [6.07, 6.45) is 1.14. The molecular weight excluding hydrogens is 148 g/mol. The van der Waals surface area contributed by atoms with Crippen molar-refractivity contribution in [1.82, 2.24) is 0 Å². The largest absolute Gasteiger partial charge is 0.381 e. The Morgan fingerprint density at radius 3 is 1.67 bits per heavy atom. The average Bonchev–Trinajstić information content (AvgIpc) is 1.76. The van der Waals surface area contributed by atoms with Gasteiger partial charge in [0, 0.05) is 6.61 Å². The lowest BCUT2D eigenvalue weighted by Crippen LogP contribution is -2.17. The highest BCUT2D eigenvalue weighted by Gasteiger charge is 2.12. The smallest absolute Gasteiger partial charge is 0.0514 e. The fourth-order valence-corrected chi connectivity index (χ4v) is 0.757. The van der Waals surface area contributed by atoms with Crippen LogP contribution in [0.15, 0.2) is 0 Å². The van der Waals surface area contributed by atoms with Crippen LogP contribution in [0.3, 0.4) is 0 Å². The van der Waals surface area contributed by atoms with E-state index in [-0.39, 0.29) is 0 Å². The van der Waals surface area contributed by atoms with E-state index < -0.39 is 0 Å². The minimum atomic E-state index is 0.303. The van der Waals surface area contributed by atoms with Gasteiger partial charge in [-0.3, -0.25) is 0 Å². The first-order chi connectivity index (χ1) is 5.21. The van der Waals surface area contributed by atoms with Crippen LogP contribution < -0.4 is 0 Å². The highest BCUT2D eigenvalue weighted by atomic mass is 16.5. The number of hydrogen-bond donors (Lipinski definition) is 0. The highest BCUT2D eigenvalue weighted by molar-refractivity contribution is 4.62. The summed E-state index contributed by atoms with van der Waals surface area (Å²) >= 11 is 0. The van der Waals surface area contributed by atoms with E-state index in [2.05, 4.69) is 41.5 Å². The first kappa shape index (κ1) is 12.0. The van der Waals surface area contributed by atoms with Crippen molar-refractivity contribution in [3.63, 3.8) is 0 Å². The Bertz CT molecular complexity index is 97.9. The van der Waals surface area contributed by atoms with Crippen LogP contribution in [0.5, 0.6) is 0 Å². The normalized spacial score (nSPS) is 13.5. The second kappa shape index (κ2) is 4.27. The number of rotatable bonds is 3. The summed E-state index contributed by atoms with van der Waals surface area (Å²) in [5.41, 5.74) is 0.704. The van der Waals surface area contributed by atoms with Crippen molar-refractivity contribution in [2.45, 2.75) is 48.0 Å². The molecule has 1 heteroatoms. The summed E-state index contributed by atoms with van der Waals surface area (Å²) in [6, 6.07) is 0. The molecular formula is C11H24O. The summed E-state index contributed by atoms with van der Waals surface area (Å²) in [4.78, 5) is 0. The fourth-order valence-electron chi connectivity index (χ4n) is 0.757. The highest BCUT2D eigenvalue weighted by Crippen LogP contribution is 2.19. The predicted molar refractivity (Wildman–Crippen MR) is 54.3 cm³/mol. The van der Waals surface area contributed by atoms with Gasteiger partial charge in [-0.1, -0.05) is 41.5 Å². The molecule has 0 saturated heterocycles. The second-order valence-corrected chi connectivity index (χ2v) is 5.92. The van der Waals surface area contributed by atoms with Crippen LogP contribution in [0, 0.1) is 10.8 Å². The van der Waals surface area contributed by atoms with E-state index in [4.69, 9.17) is 4.74 Å². The lowest BCUT2D eigenvalue weighted by Gasteiger charge is -2.21. The minimum absolute atomic E-state index is 0.303. The third-order valence-corrected chi connectivity index (χ3v) is 1.53. The van der Waals surface area contributed by atoms with Gasteiger partial charge in [0.05, 0.1) is 6.61 Å². The Labute approximate surface area is 77.5 Å². The van der Waals surface area contributed by atoms with Crippen molar-refractivity contribution in [1.29, 1.82) is 0 Å². The summed E-state index contributed by atoms with van der Waals surface area (Å²) in [6.45, 7) is 15.1. The molecule has 0 fully saturated rings. The van der Waals surface area contributed by atoms with Crippen molar-refractivity contribution in [3.05, 3.63) is 0 Å². The topological polar surface area (TPSA) is 9.23 Å². The Balaban J connectivity index is 3.35. The first-order valence-corrected chi connectivity index (χ1v) is 4.78. The van der Waals surface area contributed by atoms with Crippen molar-refractivity contribution in [2.24, 2.45) is 10.8 Å². The Hall–Kier alpha value is -0.0400. The van der Waals surface area contributed by atoms with Gasteiger partial charge < -0.3 is 4.74 Å². The third-order valence-electron chi connectivity index (χ3n) is 1.53. The molecule has 0 aromatic heterocycles. The van der Waals surface area contributed by atoms with Crippen LogP contribution in [-0.4, -0.2) is 13.2 Å². The molecule has 0 saturated carbocycles. The zero-order valence-electron chi connectivity index (χ0n) is 9.53. The van der Waals surface area contributed by atoms with Crippen molar-refractivity contribution in [2.75, 3.05) is 13.2 Å². The summed E-state index contributed by atoms with van der Waals surface area (Å²) in [5, 5.41) is 0. The molecule has 0 rings (SSSR count). The zero-order valence-corrected chi connectivity index (χ0v) is 9.53. The second-order valence-electron chi connectivity index (χ2n) is 5.92. The number of hydrogen-bond acceptors (Lipinski definition) is 1. The van der Waals surface area contributed by atoms with Gasteiger partial charge in [0.15, 0.2) is 0 Å². The van der Waals surface area contributed by atoms with E-state index in [1.54, 1.807) is 0 Å². The molecule has 74 valence electrons. The van der Waals surface area contributed by atoms with E-state index in [0.717, 1.165) is 19.6 Å². The molecule has 0 aromatic rings. The molecule has 0 aliphatic carbocycles. The molecule has 1 nitrogen and oxygen atoms in total. The lowest BCUT2D eigenvalue weighted by atomic mass is 9.93. The van der Waals surface area contributed by atoms with Crippen LogP contribution in [-0.2, 0) is 4.74 Å². The average molecular weight is 172 g/mol. The van der Waals surface area contributed by atoms with Gasteiger partial charge in [-0.25, -0.2) is 0 Å². The maximum Gasteiger partial charge on any atom is 0.0514 e. The third kappa shape index (κ3) is 9.96. The van der Waals surface area contributed by atoms with Gasteiger partial charge in [0.25, 0.3) is 0 Å². The van der Waals surface area contributed by atoms with Gasteiger partial charge in [-0.15, -0.1) is 0 Å². The zero-order chi connectivity index (χ0) is 9.83. The van der Waals surface area contributed by atoms with Gasteiger partial charge in [0.2, 0.25) is 0 Å². The van der Waals surface area contributed by atoms with Crippen LogP contribution in [0.1, 0.15) is 48.0 Å². The summed E-state index contributed by atoms with van der Waals surface area (Å²) in [7, 11) is 0. The van der Waals surface area contributed by atoms with Crippen LogP contribution in [0.4, 0.5) is 0 Å². The van der Waals surface area contributed by atoms with Gasteiger partial charge in [-0.05, 0) is 17.3 Å². The maximum absolute atomic E-state index is 5.57. The molecule has 12 heavy (non-hydrogen) atoms. The quantitative estimate of drug-likeness (QED) is 0.592. The SMILES string of the molecule is CC(C)(C)CCOCC(C)(C)C. The maximum atomic E-state index is 5.57. The molecule has 0 amide bonds. The van der Waals surface area contributed by atoms with E-state index in [0.29, 0.717) is 10.8 Å². The molecule has 0 radical (unpaired) electrons. The number of ether oxygens (including phenoxy) is 1. The minimum Gasteiger partial charge on any atom is -0.381 e. The molecule has 0 spiro atoms. The van der Waals surface area contributed by atoms with Gasteiger partial charge in [-0.2, -0.15) is 0 Å². The predicted octanol–water partition coefficient (Wildman–Crippen LogP) is 3.49. The van der Waals surface area contributed by atoms with Gasteiger partial charge >= 0.3 is 0 Å². The molecule has 0 aliphatic rings. The first-order valence-electron chi connectivity index (χ1n) is 4.78. The van der Waals surface area contributed by atoms with Crippen molar-refractivity contribution >= 4 is 0 Å². The van der Waals surface area contributed by atoms with Crippen molar-refractivity contribution in [3.8, 4) is 0 Å². The van der Waals surface area contributed by atoms with E-state index >= 15 is 0 Å². The van der Waals surface area contributed by atoms with E-state index in [9.17, 15) is 0 Å². The Morgan fingerprint density at radius 1 is 0.833 bits per heavy atom. The Kier molecular flexibility index (Phi) is 4.25. The van der Waals surface area contributed by atoms with Crippen molar-refractivity contribution < 1.29 is 4.74 Å². The monoisotopic (exact) mass is 172 g/mol. The fraction of sp³-hybridized carbons (Fsp3) is 1.00. The summed E-state index contributed by atoms with van der Waals surface area (Å²) in [5.74, 6) is 0. The van der Waals surface area contributed by atoms with E-state index in [1.807, 2.05) is 0 Å². The molecule has 0 aliphatic heterocycles. The Morgan fingerprint density at radius 2 is 1.33 bits per heavy atom. The van der Waals surface area contributed by atoms with Crippen LogP contribution in [0.2, 0.25) is 0 Å². The molecule has 0 heterocycles. The van der Waals surface area contributed by atoms with E-state index in [1.165, 1.54) is 0 Å². The lowest BCUT2D eigenvalue weighted by molar-refractivity contribution is 0.0556. The molecule has 0 N–H and O–H groups in total. The molecule has 0 bridgehead atoms.